The van der Waals surface area contributed by atoms with Gasteiger partial charge in [-0.3, -0.25) is 4.79 Å². The molecule has 1 aromatic heterocycles. The van der Waals surface area contributed by atoms with Crippen molar-refractivity contribution < 1.29 is 13.9 Å². The molecule has 0 saturated carbocycles. The van der Waals surface area contributed by atoms with Gasteiger partial charge in [0.1, 0.15) is 5.75 Å². The first-order valence-corrected chi connectivity index (χ1v) is 8.52. The summed E-state index contributed by atoms with van der Waals surface area (Å²) in [6, 6.07) is 17.4. The number of aromatic nitrogens is 2. The third-order valence-corrected chi connectivity index (χ3v) is 3.95. The summed E-state index contributed by atoms with van der Waals surface area (Å²) in [5.41, 5.74) is 2.02. The van der Waals surface area contributed by atoms with Crippen LogP contribution in [0.15, 0.2) is 59.0 Å². The molecule has 2 aromatic carbocycles. The Morgan fingerprint density at radius 1 is 1.04 bits per heavy atom. The maximum Gasteiger partial charge on any atom is 0.247 e. The second kappa shape index (κ2) is 8.80. The maximum atomic E-state index is 12.0. The zero-order chi connectivity index (χ0) is 18.2. The van der Waals surface area contributed by atoms with Crippen molar-refractivity contribution in [2.45, 2.75) is 19.3 Å². The molecule has 0 saturated heterocycles. The summed E-state index contributed by atoms with van der Waals surface area (Å²) in [6.45, 7) is 0.588. The molecule has 0 atom stereocenters. The van der Waals surface area contributed by atoms with Crippen LogP contribution >= 0.6 is 0 Å². The summed E-state index contributed by atoms with van der Waals surface area (Å²) >= 11 is 0. The molecule has 3 rings (SSSR count). The molecule has 6 heteroatoms. The Morgan fingerprint density at radius 3 is 2.54 bits per heavy atom. The number of hydrogen-bond donors (Lipinski definition) is 1. The first kappa shape index (κ1) is 17.7. The Bertz CT molecular complexity index is 829. The minimum atomic E-state index is -0.0297. The van der Waals surface area contributed by atoms with Crippen LogP contribution in [0.4, 0.5) is 0 Å². The highest BCUT2D eigenvalue weighted by Crippen LogP contribution is 2.17. The third kappa shape index (κ3) is 4.92. The summed E-state index contributed by atoms with van der Waals surface area (Å²) in [6.07, 6.45) is 1.52. The largest absolute Gasteiger partial charge is 0.497 e. The van der Waals surface area contributed by atoms with Gasteiger partial charge in [0.15, 0.2) is 0 Å². The van der Waals surface area contributed by atoms with Crippen molar-refractivity contribution in [1.29, 1.82) is 0 Å². The van der Waals surface area contributed by atoms with Crippen molar-refractivity contribution in [2.75, 3.05) is 13.7 Å². The van der Waals surface area contributed by atoms with E-state index >= 15 is 0 Å². The number of hydrogen-bond acceptors (Lipinski definition) is 5. The van der Waals surface area contributed by atoms with Gasteiger partial charge in [-0.2, -0.15) is 0 Å². The maximum absolute atomic E-state index is 12.0. The van der Waals surface area contributed by atoms with E-state index in [9.17, 15) is 4.79 Å². The predicted octanol–water partition coefficient (Wildman–Crippen LogP) is 3.04. The lowest BCUT2D eigenvalue weighted by molar-refractivity contribution is -0.121. The average Bonchev–Trinajstić information content (AvgIpc) is 3.17. The number of methoxy groups -OCH3 is 1. The minimum absolute atomic E-state index is 0.0297. The van der Waals surface area contributed by atoms with Crippen molar-refractivity contribution in [1.82, 2.24) is 15.5 Å². The Hall–Kier alpha value is -3.15. The molecule has 0 bridgehead atoms. The molecular formula is C20H21N3O3. The number of benzene rings is 2. The van der Waals surface area contributed by atoms with Crippen LogP contribution in [0.25, 0.3) is 11.5 Å². The average molecular weight is 351 g/mol. The van der Waals surface area contributed by atoms with Crippen molar-refractivity contribution in [3.05, 3.63) is 66.1 Å². The molecule has 0 radical (unpaired) electrons. The number of nitrogens with zero attached hydrogens (tertiary/aromatic N) is 2. The molecule has 0 aliphatic carbocycles. The Labute approximate surface area is 152 Å². The highest BCUT2D eigenvalue weighted by atomic mass is 16.5. The van der Waals surface area contributed by atoms with Gasteiger partial charge in [-0.25, -0.2) is 0 Å². The molecule has 1 N–H and O–H groups in total. The number of carbonyl (C=O) groups excluding carboxylic acids is 1. The zero-order valence-corrected chi connectivity index (χ0v) is 14.6. The van der Waals surface area contributed by atoms with E-state index in [-0.39, 0.29) is 5.91 Å². The Balaban J connectivity index is 1.40. The first-order valence-electron chi connectivity index (χ1n) is 8.52. The Morgan fingerprint density at radius 2 is 1.81 bits per heavy atom. The highest BCUT2D eigenvalue weighted by Gasteiger charge is 2.10. The van der Waals surface area contributed by atoms with Gasteiger partial charge in [0, 0.05) is 24.9 Å². The molecule has 0 unspecified atom stereocenters. The van der Waals surface area contributed by atoms with E-state index in [1.807, 2.05) is 54.6 Å². The lowest BCUT2D eigenvalue weighted by Gasteiger charge is -2.05. The fraction of sp³-hybridized carbons (Fsp3) is 0.250. The minimum Gasteiger partial charge on any atom is -0.497 e. The van der Waals surface area contributed by atoms with Gasteiger partial charge in [-0.05, 0) is 36.2 Å². The molecule has 0 fully saturated rings. The van der Waals surface area contributed by atoms with Gasteiger partial charge in [-0.15, -0.1) is 10.2 Å². The molecule has 0 spiro atoms. The molecular weight excluding hydrogens is 330 g/mol. The van der Waals surface area contributed by atoms with E-state index in [1.54, 1.807) is 7.11 Å². The third-order valence-electron chi connectivity index (χ3n) is 3.95. The van der Waals surface area contributed by atoms with E-state index in [4.69, 9.17) is 9.15 Å². The topological polar surface area (TPSA) is 77.2 Å². The quantitative estimate of drug-likeness (QED) is 0.675. The van der Waals surface area contributed by atoms with Crippen LogP contribution in [0, 0.1) is 0 Å². The summed E-state index contributed by atoms with van der Waals surface area (Å²) < 4.78 is 10.7. The number of aryl methyl sites for hydroxylation is 1. The van der Waals surface area contributed by atoms with Crippen LogP contribution in [0.1, 0.15) is 17.9 Å². The van der Waals surface area contributed by atoms with E-state index in [1.165, 1.54) is 0 Å². The monoisotopic (exact) mass is 351 g/mol. The fourth-order valence-electron chi connectivity index (χ4n) is 2.50. The molecule has 0 aliphatic heterocycles. The number of rotatable bonds is 8. The van der Waals surface area contributed by atoms with Crippen molar-refractivity contribution >= 4 is 5.91 Å². The van der Waals surface area contributed by atoms with Crippen molar-refractivity contribution in [3.63, 3.8) is 0 Å². The Kier molecular flexibility index (Phi) is 5.98. The second-order valence-electron chi connectivity index (χ2n) is 5.82. The lowest BCUT2D eigenvalue weighted by Crippen LogP contribution is -2.25. The molecule has 3 aromatic rings. The van der Waals surface area contributed by atoms with Crippen LogP contribution in [0.5, 0.6) is 5.75 Å². The lowest BCUT2D eigenvalue weighted by atomic mass is 10.1. The molecule has 26 heavy (non-hydrogen) atoms. The van der Waals surface area contributed by atoms with Gasteiger partial charge in [0.25, 0.3) is 0 Å². The summed E-state index contributed by atoms with van der Waals surface area (Å²) in [4.78, 5) is 12.0. The predicted molar refractivity (Wildman–Crippen MR) is 97.8 cm³/mol. The van der Waals surface area contributed by atoms with Crippen LogP contribution in [-0.2, 0) is 17.6 Å². The first-order chi connectivity index (χ1) is 12.7. The smallest absolute Gasteiger partial charge is 0.247 e. The van der Waals surface area contributed by atoms with Gasteiger partial charge >= 0.3 is 0 Å². The standard InChI is InChI=1S/C20H21N3O3/c1-25-17-9-7-15(8-10-17)13-14-21-18(24)11-12-19-22-23-20(26-19)16-5-3-2-4-6-16/h2-10H,11-14H2,1H3,(H,21,24). The second-order valence-corrected chi connectivity index (χ2v) is 5.82. The van der Waals surface area contributed by atoms with Crippen molar-refractivity contribution in [2.24, 2.45) is 0 Å². The van der Waals surface area contributed by atoms with Crippen LogP contribution in [0.3, 0.4) is 0 Å². The number of amides is 1. The van der Waals surface area contributed by atoms with E-state index in [2.05, 4.69) is 15.5 Å². The summed E-state index contributed by atoms with van der Waals surface area (Å²) in [7, 11) is 1.64. The van der Waals surface area contributed by atoms with E-state index < -0.39 is 0 Å². The zero-order valence-electron chi connectivity index (χ0n) is 14.6. The van der Waals surface area contributed by atoms with Gasteiger partial charge in [-0.1, -0.05) is 30.3 Å². The number of nitrogens with one attached hydrogen (secondary N) is 1. The van der Waals surface area contributed by atoms with Crippen LogP contribution in [-0.4, -0.2) is 29.8 Å². The van der Waals surface area contributed by atoms with E-state index in [0.29, 0.717) is 31.2 Å². The molecule has 6 nitrogen and oxygen atoms in total. The van der Waals surface area contributed by atoms with Crippen LogP contribution < -0.4 is 10.1 Å². The molecule has 134 valence electrons. The van der Waals surface area contributed by atoms with E-state index in [0.717, 1.165) is 23.3 Å². The van der Waals surface area contributed by atoms with Gasteiger partial charge in [0.05, 0.1) is 7.11 Å². The summed E-state index contributed by atoms with van der Waals surface area (Å²) in [5.74, 6) is 1.74. The molecule has 0 aliphatic rings. The van der Waals surface area contributed by atoms with Gasteiger partial charge in [0.2, 0.25) is 17.7 Å². The van der Waals surface area contributed by atoms with Crippen molar-refractivity contribution in [3.8, 4) is 17.2 Å². The fourth-order valence-corrected chi connectivity index (χ4v) is 2.50. The highest BCUT2D eigenvalue weighted by molar-refractivity contribution is 5.76. The number of ether oxygens (including phenoxy) is 1. The summed E-state index contributed by atoms with van der Waals surface area (Å²) in [5, 5.41) is 10.9. The number of carbonyl (C=O) groups is 1. The van der Waals surface area contributed by atoms with Crippen LogP contribution in [0.2, 0.25) is 0 Å². The molecule has 1 amide bonds. The SMILES string of the molecule is COc1ccc(CCNC(=O)CCc2nnc(-c3ccccc3)o2)cc1. The van der Waals surface area contributed by atoms with Gasteiger partial charge < -0.3 is 14.5 Å². The molecule has 1 heterocycles. The normalized spacial score (nSPS) is 10.5.